The molecule has 1 N–H and O–H groups in total. The number of amides is 4. The number of carbonyl (C=O) groups excluding carboxylic acids is 4. The predicted octanol–water partition coefficient (Wildman–Crippen LogP) is -0.846. The van der Waals surface area contributed by atoms with Gasteiger partial charge in [0.1, 0.15) is 0 Å². The van der Waals surface area contributed by atoms with Gasteiger partial charge < -0.3 is 22.3 Å². The smallest absolute Gasteiger partial charge is 0.254 e. The SMILES string of the molecule is C.O=C1[N-]C(=O)C12C(=O)NC2=O.[CH3-].[Y]. The van der Waals surface area contributed by atoms with E-state index in [-0.39, 0.29) is 47.6 Å². The Morgan fingerprint density at radius 2 is 1.36 bits per heavy atom. The minimum atomic E-state index is -2.06. The van der Waals surface area contributed by atoms with Crippen LogP contribution in [0, 0.1) is 12.8 Å². The molecule has 0 bridgehead atoms. The molecular formula is C7H8N2O4Y-2. The quantitative estimate of drug-likeness (QED) is 0.353. The van der Waals surface area contributed by atoms with Crippen LogP contribution < -0.4 is 5.32 Å². The summed E-state index contributed by atoms with van der Waals surface area (Å²) in [5, 5.41) is 4.62. The molecule has 75 valence electrons. The van der Waals surface area contributed by atoms with Crippen LogP contribution in [0.3, 0.4) is 0 Å². The van der Waals surface area contributed by atoms with Gasteiger partial charge in [-0.05, 0) is 0 Å². The molecule has 0 aromatic heterocycles. The van der Waals surface area contributed by atoms with Crippen molar-refractivity contribution in [3.8, 4) is 0 Å². The first-order valence-corrected chi connectivity index (χ1v) is 2.76. The van der Waals surface area contributed by atoms with E-state index in [2.05, 4.69) is 5.32 Å². The Morgan fingerprint density at radius 3 is 1.50 bits per heavy atom. The van der Waals surface area contributed by atoms with E-state index in [1.807, 2.05) is 0 Å². The summed E-state index contributed by atoms with van der Waals surface area (Å²) < 4.78 is 0. The van der Waals surface area contributed by atoms with Gasteiger partial charge in [-0.1, -0.05) is 7.43 Å². The maximum Gasteiger partial charge on any atom is 0.254 e. The average Bonchev–Trinajstić information content (AvgIpc) is 1.86. The van der Waals surface area contributed by atoms with Crippen molar-refractivity contribution in [2.24, 2.45) is 5.41 Å². The Morgan fingerprint density at radius 1 is 1.00 bits per heavy atom. The molecule has 2 saturated heterocycles. The van der Waals surface area contributed by atoms with Crippen LogP contribution in [-0.4, -0.2) is 23.6 Å². The van der Waals surface area contributed by atoms with E-state index in [1.165, 1.54) is 0 Å². The first-order chi connectivity index (χ1) is 5.10. The van der Waals surface area contributed by atoms with E-state index < -0.39 is 29.0 Å². The molecule has 1 radical (unpaired) electrons. The van der Waals surface area contributed by atoms with Crippen molar-refractivity contribution < 1.29 is 51.9 Å². The molecular weight excluding hydrogens is 265 g/mol. The van der Waals surface area contributed by atoms with Crippen LogP contribution in [0.1, 0.15) is 7.43 Å². The van der Waals surface area contributed by atoms with Crippen LogP contribution in [0.4, 0.5) is 0 Å². The number of carbonyl (C=O) groups is 4. The Bertz CT molecular complexity index is 262. The monoisotopic (exact) mass is 273 g/mol. The number of nitrogens with zero attached hydrogens (tertiary/aromatic N) is 1. The zero-order valence-corrected chi connectivity index (χ0v) is 9.50. The number of imide groups is 2. The minimum Gasteiger partial charge on any atom is -0.592 e. The summed E-state index contributed by atoms with van der Waals surface area (Å²) in [6.45, 7) is 0. The molecule has 7 heteroatoms. The third-order valence-electron chi connectivity index (χ3n) is 1.75. The van der Waals surface area contributed by atoms with Crippen molar-refractivity contribution in [3.63, 3.8) is 0 Å². The first-order valence-electron chi connectivity index (χ1n) is 2.76. The molecule has 2 aliphatic heterocycles. The normalized spacial score (nSPS) is 20.0. The van der Waals surface area contributed by atoms with Gasteiger partial charge in [0.25, 0.3) is 11.8 Å². The van der Waals surface area contributed by atoms with Gasteiger partial charge in [0.15, 0.2) is 0 Å². The number of rotatable bonds is 0. The predicted molar refractivity (Wildman–Crippen MR) is 42.1 cm³/mol. The third-order valence-corrected chi connectivity index (χ3v) is 1.75. The van der Waals surface area contributed by atoms with Crippen LogP contribution >= 0.6 is 0 Å². The molecule has 0 aromatic rings. The second kappa shape index (κ2) is 4.27. The van der Waals surface area contributed by atoms with Gasteiger partial charge in [0.05, 0.1) is 11.8 Å². The molecule has 0 aromatic carbocycles. The summed E-state index contributed by atoms with van der Waals surface area (Å²) in [5.41, 5.74) is -2.06. The van der Waals surface area contributed by atoms with Gasteiger partial charge in [-0.3, -0.25) is 14.9 Å². The maximum absolute atomic E-state index is 10.6. The fourth-order valence-electron chi connectivity index (χ4n) is 1.02. The maximum atomic E-state index is 10.6. The van der Waals surface area contributed by atoms with Gasteiger partial charge in [0, 0.05) is 32.7 Å². The average molecular weight is 273 g/mol. The second-order valence-electron chi connectivity index (χ2n) is 2.26. The van der Waals surface area contributed by atoms with Gasteiger partial charge in [0.2, 0.25) is 5.41 Å². The van der Waals surface area contributed by atoms with Crippen molar-refractivity contribution in [2.75, 3.05) is 0 Å². The van der Waals surface area contributed by atoms with E-state index in [1.54, 1.807) is 5.32 Å². The molecule has 0 saturated carbocycles. The van der Waals surface area contributed by atoms with Gasteiger partial charge >= 0.3 is 0 Å². The standard InChI is InChI=1S/C5H2N2O4.CH4.CH3.Y/c8-1-5(2(9)6-1)3(10)7-4(5)11;;;/h(H2,6,7,8,9,10,11);1H4;1H3;/q;;-1;/p-1. The molecule has 2 fully saturated rings. The molecule has 0 aliphatic carbocycles. The van der Waals surface area contributed by atoms with Crippen molar-refractivity contribution in [2.45, 2.75) is 7.43 Å². The summed E-state index contributed by atoms with van der Waals surface area (Å²) in [7, 11) is 0. The summed E-state index contributed by atoms with van der Waals surface area (Å²) in [6.07, 6.45) is 0. The van der Waals surface area contributed by atoms with Crippen LogP contribution in [-0.2, 0) is 51.9 Å². The Balaban J connectivity index is 0. The topological polar surface area (TPSA) is 94.4 Å². The van der Waals surface area contributed by atoms with E-state index >= 15 is 0 Å². The van der Waals surface area contributed by atoms with Crippen molar-refractivity contribution in [1.82, 2.24) is 5.32 Å². The van der Waals surface area contributed by atoms with Gasteiger partial charge in [-0.2, -0.15) is 0 Å². The van der Waals surface area contributed by atoms with Crippen molar-refractivity contribution in [1.29, 1.82) is 0 Å². The number of hydrogen-bond donors (Lipinski definition) is 1. The van der Waals surface area contributed by atoms with Crippen molar-refractivity contribution in [3.05, 3.63) is 12.7 Å². The molecule has 14 heavy (non-hydrogen) atoms. The summed E-state index contributed by atoms with van der Waals surface area (Å²) in [4.78, 5) is 42.5. The van der Waals surface area contributed by atoms with E-state index in [4.69, 9.17) is 0 Å². The van der Waals surface area contributed by atoms with Crippen LogP contribution in [0.2, 0.25) is 0 Å². The van der Waals surface area contributed by atoms with Crippen LogP contribution in [0.15, 0.2) is 0 Å². The van der Waals surface area contributed by atoms with Gasteiger partial charge in [-0.15, -0.1) is 0 Å². The first kappa shape index (κ1) is 15.8. The summed E-state index contributed by atoms with van der Waals surface area (Å²) in [6, 6.07) is 0. The molecule has 0 atom stereocenters. The number of nitrogens with one attached hydrogen (secondary N) is 1. The Kier molecular flexibility index (Phi) is 4.83. The van der Waals surface area contributed by atoms with E-state index in [0.717, 1.165) is 0 Å². The number of hydrogen-bond acceptors (Lipinski definition) is 4. The molecule has 1 spiro atoms. The zero-order valence-electron chi connectivity index (χ0n) is 6.66. The second-order valence-corrected chi connectivity index (χ2v) is 2.26. The third kappa shape index (κ3) is 1.25. The fraction of sp³-hybridized carbons (Fsp3) is 0.286. The fourth-order valence-corrected chi connectivity index (χ4v) is 1.02. The zero-order chi connectivity index (χ0) is 8.22. The molecule has 0 unspecified atom stereocenters. The summed E-state index contributed by atoms with van der Waals surface area (Å²) in [5.74, 6) is -3.60. The molecule has 2 heterocycles. The van der Waals surface area contributed by atoms with Crippen molar-refractivity contribution >= 4 is 23.6 Å². The van der Waals surface area contributed by atoms with Crippen LogP contribution in [0.25, 0.3) is 5.32 Å². The van der Waals surface area contributed by atoms with E-state index in [0.29, 0.717) is 0 Å². The summed E-state index contributed by atoms with van der Waals surface area (Å²) >= 11 is 0. The largest absolute Gasteiger partial charge is 0.592 e. The minimum absolute atomic E-state index is 0. The molecule has 4 amide bonds. The molecule has 2 rings (SSSR count). The van der Waals surface area contributed by atoms with Gasteiger partial charge in [-0.25, -0.2) is 0 Å². The number of β-lactam (4-membered cyclic amide) rings is 4. The Labute approximate surface area is 106 Å². The Hall–Kier alpha value is -0.616. The van der Waals surface area contributed by atoms with Crippen LogP contribution in [0.5, 0.6) is 0 Å². The molecule has 2 aliphatic rings. The molecule has 6 nitrogen and oxygen atoms in total. The van der Waals surface area contributed by atoms with E-state index in [9.17, 15) is 19.2 Å².